The predicted molar refractivity (Wildman–Crippen MR) is 88.7 cm³/mol. The van der Waals surface area contributed by atoms with Crippen LogP contribution >= 0.6 is 23.1 Å². The average Bonchev–Trinajstić information content (AvgIpc) is 3.20. The smallest absolute Gasteiger partial charge is 0.281 e. The van der Waals surface area contributed by atoms with Gasteiger partial charge in [-0.25, -0.2) is 5.43 Å². The minimum atomic E-state index is -0.225. The summed E-state index contributed by atoms with van der Waals surface area (Å²) in [7, 11) is 0. The minimum absolute atomic E-state index is 0.225. The van der Waals surface area contributed by atoms with Crippen LogP contribution in [0.4, 0.5) is 0 Å². The highest BCUT2D eigenvalue weighted by Crippen LogP contribution is 2.28. The molecular formula is C16H12N2O2S2. The van der Waals surface area contributed by atoms with E-state index in [1.165, 1.54) is 29.3 Å². The summed E-state index contributed by atoms with van der Waals surface area (Å²) < 4.78 is 5.63. The van der Waals surface area contributed by atoms with Crippen molar-refractivity contribution in [2.24, 2.45) is 5.10 Å². The van der Waals surface area contributed by atoms with Gasteiger partial charge in [-0.15, -0.1) is 11.3 Å². The maximum absolute atomic E-state index is 11.7. The fourth-order valence-corrected chi connectivity index (χ4v) is 3.09. The molecule has 3 rings (SSSR count). The Bertz CT molecular complexity index is 765. The van der Waals surface area contributed by atoms with Crippen molar-refractivity contribution in [1.29, 1.82) is 0 Å². The molecule has 1 amide bonds. The number of furan rings is 1. The van der Waals surface area contributed by atoms with E-state index in [1.54, 1.807) is 6.07 Å². The quantitative estimate of drug-likeness (QED) is 0.562. The number of rotatable bonds is 5. The summed E-state index contributed by atoms with van der Waals surface area (Å²) in [5.41, 5.74) is 2.47. The zero-order valence-corrected chi connectivity index (χ0v) is 13.1. The standard InChI is InChI=1S/C16H12N2O2S2/c19-16(14-7-4-10-21-14)18-17-11-12-8-9-15(20-12)22-13-5-2-1-3-6-13/h1-11H,(H,18,19)/b17-11+. The monoisotopic (exact) mass is 328 g/mol. The van der Waals surface area contributed by atoms with Crippen LogP contribution in [-0.2, 0) is 0 Å². The molecule has 0 aliphatic heterocycles. The fraction of sp³-hybridized carbons (Fsp3) is 0. The Balaban J connectivity index is 1.57. The van der Waals surface area contributed by atoms with Crippen LogP contribution in [0.25, 0.3) is 0 Å². The lowest BCUT2D eigenvalue weighted by atomic mass is 10.4. The van der Waals surface area contributed by atoms with Crippen LogP contribution in [-0.4, -0.2) is 12.1 Å². The lowest BCUT2D eigenvalue weighted by Crippen LogP contribution is -2.15. The summed E-state index contributed by atoms with van der Waals surface area (Å²) in [4.78, 5) is 13.4. The summed E-state index contributed by atoms with van der Waals surface area (Å²) >= 11 is 2.90. The molecule has 0 aliphatic carbocycles. The molecule has 1 aromatic carbocycles. The van der Waals surface area contributed by atoms with E-state index in [2.05, 4.69) is 10.5 Å². The number of thiophene rings is 1. The van der Waals surface area contributed by atoms with Crippen LogP contribution in [0, 0.1) is 0 Å². The van der Waals surface area contributed by atoms with Gasteiger partial charge in [0.15, 0.2) is 5.09 Å². The van der Waals surface area contributed by atoms with Crippen molar-refractivity contribution in [2.45, 2.75) is 9.99 Å². The van der Waals surface area contributed by atoms with Gasteiger partial charge in [0.25, 0.3) is 5.91 Å². The molecular weight excluding hydrogens is 316 g/mol. The second kappa shape index (κ2) is 7.11. The van der Waals surface area contributed by atoms with Crippen molar-refractivity contribution in [1.82, 2.24) is 5.43 Å². The van der Waals surface area contributed by atoms with E-state index in [4.69, 9.17) is 4.42 Å². The Morgan fingerprint density at radius 1 is 1.14 bits per heavy atom. The number of carbonyl (C=O) groups is 1. The number of amides is 1. The molecule has 22 heavy (non-hydrogen) atoms. The number of hydrogen-bond donors (Lipinski definition) is 1. The first-order chi connectivity index (χ1) is 10.8. The number of hydrazone groups is 1. The highest BCUT2D eigenvalue weighted by Gasteiger charge is 2.05. The van der Waals surface area contributed by atoms with Gasteiger partial charge in [-0.05, 0) is 35.7 Å². The molecule has 110 valence electrons. The number of carbonyl (C=O) groups excluding carboxylic acids is 1. The van der Waals surface area contributed by atoms with Gasteiger partial charge in [-0.2, -0.15) is 5.10 Å². The Labute approximate surface area is 135 Å². The molecule has 0 unspecified atom stereocenters. The second-order valence-corrected chi connectivity index (χ2v) is 6.27. The third kappa shape index (κ3) is 3.87. The Morgan fingerprint density at radius 2 is 2.00 bits per heavy atom. The first-order valence-electron chi connectivity index (χ1n) is 6.51. The van der Waals surface area contributed by atoms with Gasteiger partial charge in [-0.1, -0.05) is 36.0 Å². The highest BCUT2D eigenvalue weighted by molar-refractivity contribution is 7.99. The molecule has 4 nitrogen and oxygen atoms in total. The first-order valence-corrected chi connectivity index (χ1v) is 8.20. The van der Waals surface area contributed by atoms with Gasteiger partial charge < -0.3 is 4.42 Å². The van der Waals surface area contributed by atoms with Gasteiger partial charge >= 0.3 is 0 Å². The van der Waals surface area contributed by atoms with Crippen LogP contribution in [0.3, 0.4) is 0 Å². The molecule has 1 N–H and O–H groups in total. The van der Waals surface area contributed by atoms with Crippen molar-refractivity contribution in [3.8, 4) is 0 Å². The maximum atomic E-state index is 11.7. The highest BCUT2D eigenvalue weighted by atomic mass is 32.2. The van der Waals surface area contributed by atoms with E-state index in [9.17, 15) is 4.79 Å². The third-order valence-corrected chi connectivity index (χ3v) is 4.46. The van der Waals surface area contributed by atoms with Crippen molar-refractivity contribution in [3.05, 3.63) is 70.6 Å². The average molecular weight is 328 g/mol. The molecule has 3 aromatic rings. The van der Waals surface area contributed by atoms with Gasteiger partial charge in [0.1, 0.15) is 5.76 Å². The predicted octanol–water partition coefficient (Wildman–Crippen LogP) is 4.26. The summed E-state index contributed by atoms with van der Waals surface area (Å²) in [5, 5.41) is 6.52. The van der Waals surface area contributed by atoms with Crippen LogP contribution in [0.5, 0.6) is 0 Å². The molecule has 2 heterocycles. The normalized spacial score (nSPS) is 10.9. The van der Waals surface area contributed by atoms with Crippen molar-refractivity contribution >= 4 is 35.2 Å². The third-order valence-electron chi connectivity index (χ3n) is 2.67. The van der Waals surface area contributed by atoms with Gasteiger partial charge in [0, 0.05) is 4.90 Å². The Hall–Kier alpha value is -2.31. The number of nitrogens with one attached hydrogen (secondary N) is 1. The fourth-order valence-electron chi connectivity index (χ4n) is 1.68. The van der Waals surface area contributed by atoms with Crippen LogP contribution < -0.4 is 5.43 Å². The van der Waals surface area contributed by atoms with Crippen LogP contribution in [0.15, 0.2) is 79.5 Å². The summed E-state index contributed by atoms with van der Waals surface area (Å²) in [6, 6.07) is 17.2. The van der Waals surface area contributed by atoms with E-state index in [0.717, 1.165) is 9.99 Å². The van der Waals surface area contributed by atoms with E-state index in [0.29, 0.717) is 10.6 Å². The van der Waals surface area contributed by atoms with Crippen molar-refractivity contribution in [3.63, 3.8) is 0 Å². The molecule has 2 aromatic heterocycles. The summed E-state index contributed by atoms with van der Waals surface area (Å²) in [6.45, 7) is 0. The van der Waals surface area contributed by atoms with Crippen molar-refractivity contribution < 1.29 is 9.21 Å². The van der Waals surface area contributed by atoms with Gasteiger partial charge in [-0.3, -0.25) is 4.79 Å². The molecule has 6 heteroatoms. The topological polar surface area (TPSA) is 54.6 Å². The SMILES string of the molecule is O=C(N/N=C/c1ccc(Sc2ccccc2)o1)c1cccs1. The Kier molecular flexibility index (Phi) is 4.72. The lowest BCUT2D eigenvalue weighted by molar-refractivity contribution is 0.0959. The molecule has 0 aliphatic rings. The molecule has 0 radical (unpaired) electrons. The zero-order valence-electron chi connectivity index (χ0n) is 11.4. The molecule has 0 saturated heterocycles. The zero-order chi connectivity index (χ0) is 15.2. The largest absolute Gasteiger partial charge is 0.448 e. The van der Waals surface area contributed by atoms with E-state index in [-0.39, 0.29) is 5.91 Å². The first kappa shape index (κ1) is 14.6. The molecule has 0 spiro atoms. The molecule has 0 fully saturated rings. The minimum Gasteiger partial charge on any atom is -0.448 e. The number of benzene rings is 1. The van der Waals surface area contributed by atoms with Crippen molar-refractivity contribution in [2.75, 3.05) is 0 Å². The van der Waals surface area contributed by atoms with E-state index < -0.39 is 0 Å². The molecule has 0 saturated carbocycles. The molecule has 0 atom stereocenters. The lowest BCUT2D eigenvalue weighted by Gasteiger charge is -1.96. The van der Waals surface area contributed by atoms with E-state index in [1.807, 2.05) is 53.9 Å². The van der Waals surface area contributed by atoms with Gasteiger partial charge in [0.05, 0.1) is 11.1 Å². The number of nitrogens with zero attached hydrogens (tertiary/aromatic N) is 1. The van der Waals surface area contributed by atoms with Crippen LogP contribution in [0.1, 0.15) is 15.4 Å². The summed E-state index contributed by atoms with van der Waals surface area (Å²) in [6.07, 6.45) is 1.49. The Morgan fingerprint density at radius 3 is 2.77 bits per heavy atom. The van der Waals surface area contributed by atoms with Gasteiger partial charge in [0.2, 0.25) is 0 Å². The number of hydrogen-bond acceptors (Lipinski definition) is 5. The summed E-state index contributed by atoms with van der Waals surface area (Å²) in [5.74, 6) is 0.363. The molecule has 0 bridgehead atoms. The van der Waals surface area contributed by atoms with Crippen LogP contribution in [0.2, 0.25) is 0 Å². The second-order valence-electron chi connectivity index (χ2n) is 4.25. The van der Waals surface area contributed by atoms with E-state index >= 15 is 0 Å². The maximum Gasteiger partial charge on any atom is 0.281 e.